The molecule has 0 bridgehead atoms. The SMILES string of the molecule is CC(C)(C)OC(=O)N[C@@H](CC(=O)NCc1cccc(C(=O)NC2CC2)c1)Cc1ccccc1F.N[C@@H](CC(=O)NCc1cccc(C(=O)NC2CC2)c1)Cc1ccccc1F.O=C(O)C(F)(F)F. The third-order valence-electron chi connectivity index (χ3n) is 9.89. The first-order valence-electron chi connectivity index (χ1n) is 21.9. The van der Waals surface area contributed by atoms with Crippen LogP contribution in [0.2, 0.25) is 0 Å². The molecule has 19 heteroatoms. The predicted octanol–water partition coefficient (Wildman–Crippen LogP) is 6.79. The van der Waals surface area contributed by atoms with Crippen LogP contribution in [-0.2, 0) is 45.1 Å². The number of amides is 5. The summed E-state index contributed by atoms with van der Waals surface area (Å²) in [6.45, 7) is 5.76. The maximum absolute atomic E-state index is 14.2. The van der Waals surface area contributed by atoms with Gasteiger partial charge >= 0.3 is 18.2 Å². The van der Waals surface area contributed by atoms with Gasteiger partial charge in [0.05, 0.1) is 0 Å². The molecule has 0 spiro atoms. The summed E-state index contributed by atoms with van der Waals surface area (Å²) in [5, 5.41) is 21.3. The maximum atomic E-state index is 14.2. The summed E-state index contributed by atoms with van der Waals surface area (Å²) in [6.07, 6.45) is -1.18. The van der Waals surface area contributed by atoms with Crippen molar-refractivity contribution in [2.24, 2.45) is 5.73 Å². The van der Waals surface area contributed by atoms with E-state index in [9.17, 15) is 45.9 Å². The van der Waals surface area contributed by atoms with E-state index >= 15 is 0 Å². The van der Waals surface area contributed by atoms with E-state index in [0.29, 0.717) is 41.3 Å². The fourth-order valence-corrected chi connectivity index (χ4v) is 6.24. The molecule has 68 heavy (non-hydrogen) atoms. The molecule has 4 aromatic rings. The van der Waals surface area contributed by atoms with Crippen molar-refractivity contribution < 1.29 is 60.6 Å². The molecule has 4 aromatic carbocycles. The van der Waals surface area contributed by atoms with Crippen LogP contribution < -0.4 is 32.3 Å². The summed E-state index contributed by atoms with van der Waals surface area (Å²) in [7, 11) is 0. The highest BCUT2D eigenvalue weighted by atomic mass is 19.4. The van der Waals surface area contributed by atoms with Gasteiger partial charge in [0.1, 0.15) is 17.2 Å². The van der Waals surface area contributed by atoms with Crippen molar-refractivity contribution in [2.75, 3.05) is 0 Å². The number of ether oxygens (including phenoxy) is 1. The molecule has 2 aliphatic rings. The number of carbonyl (C=O) groups is 6. The lowest BCUT2D eigenvalue weighted by molar-refractivity contribution is -0.192. The highest BCUT2D eigenvalue weighted by molar-refractivity contribution is 5.95. The second kappa shape index (κ2) is 25.3. The molecule has 2 aliphatic carbocycles. The fraction of sp³-hybridized carbons (Fsp3) is 0.388. The average Bonchev–Trinajstić information content (AvgIpc) is 4.22. The molecule has 0 aliphatic heterocycles. The Balaban J connectivity index is 0.000000265. The van der Waals surface area contributed by atoms with Crippen molar-refractivity contribution >= 4 is 35.7 Å². The lowest BCUT2D eigenvalue weighted by Crippen LogP contribution is -2.43. The number of alkyl halides is 3. The van der Waals surface area contributed by atoms with Crippen molar-refractivity contribution in [3.8, 4) is 0 Å². The zero-order valence-electron chi connectivity index (χ0n) is 37.9. The lowest BCUT2D eigenvalue weighted by atomic mass is 10.0. The molecular weight excluding hydrogens is 896 g/mol. The Hall–Kier alpha value is -6.89. The van der Waals surface area contributed by atoms with Crippen LogP contribution in [0.15, 0.2) is 97.1 Å². The average molecular weight is 953 g/mol. The van der Waals surface area contributed by atoms with Gasteiger partial charge in [0, 0.05) is 61.2 Å². The standard InChI is InChI=1S/C26H32FN3O4.C21H24FN3O2.C2HF3O2/c1-26(2,3)34-25(33)30-21(14-18-8-4-5-10-22(18)27)15-23(31)28-16-17-7-6-9-19(13-17)24(32)29-20-11-12-20;22-19-7-2-1-5-15(19)11-17(23)12-20(26)24-13-14-4-3-6-16(10-14)21(27)25-18-8-9-18;3-2(4,5)1(6)7/h4-10,13,20-21H,11-12,14-16H2,1-3H3,(H,28,31)(H,29,32)(H,30,33);1-7,10,17-18H,8-9,11-13,23H2,(H,24,26)(H,25,27);(H,6,7)/t21-;17-;/m11./s1. The molecule has 0 unspecified atom stereocenters. The highest BCUT2D eigenvalue weighted by Crippen LogP contribution is 2.21. The third kappa shape index (κ3) is 20.7. The van der Waals surface area contributed by atoms with Crippen LogP contribution in [-0.4, -0.2) is 76.7 Å². The molecule has 366 valence electrons. The predicted molar refractivity (Wildman–Crippen MR) is 242 cm³/mol. The minimum Gasteiger partial charge on any atom is -0.475 e. The number of rotatable bonds is 17. The minimum absolute atomic E-state index is 0.0601. The van der Waals surface area contributed by atoms with Crippen molar-refractivity contribution in [3.05, 3.63) is 142 Å². The zero-order chi connectivity index (χ0) is 50.0. The number of hydrogen-bond acceptors (Lipinski definition) is 8. The topological polar surface area (TPSA) is 218 Å². The monoisotopic (exact) mass is 952 g/mol. The van der Waals surface area contributed by atoms with Crippen LogP contribution >= 0.6 is 0 Å². The fourth-order valence-electron chi connectivity index (χ4n) is 6.24. The van der Waals surface area contributed by atoms with Gasteiger partial charge in [-0.25, -0.2) is 18.4 Å². The van der Waals surface area contributed by atoms with Gasteiger partial charge in [0.2, 0.25) is 11.8 Å². The molecule has 0 aromatic heterocycles. The van der Waals surface area contributed by atoms with Gasteiger partial charge in [-0.2, -0.15) is 13.2 Å². The summed E-state index contributed by atoms with van der Waals surface area (Å²) in [6, 6.07) is 26.4. The van der Waals surface area contributed by atoms with Gasteiger partial charge in [-0.3, -0.25) is 19.2 Å². The molecule has 2 atom stereocenters. The third-order valence-corrected chi connectivity index (χ3v) is 9.89. The molecule has 14 nitrogen and oxygen atoms in total. The Kier molecular flexibility index (Phi) is 20.0. The van der Waals surface area contributed by atoms with Crippen molar-refractivity contribution in [3.63, 3.8) is 0 Å². The number of benzene rings is 4. The zero-order valence-corrected chi connectivity index (χ0v) is 37.9. The van der Waals surface area contributed by atoms with Crippen LogP contribution in [0.1, 0.15) is 102 Å². The Labute approximate surface area is 391 Å². The molecule has 5 amide bonds. The first-order valence-corrected chi connectivity index (χ1v) is 21.9. The van der Waals surface area contributed by atoms with Gasteiger partial charge in [0.15, 0.2) is 0 Å². The Morgan fingerprint density at radius 3 is 1.50 bits per heavy atom. The Morgan fingerprint density at radius 1 is 0.662 bits per heavy atom. The van der Waals surface area contributed by atoms with E-state index in [4.69, 9.17) is 20.4 Å². The molecule has 0 heterocycles. The molecule has 8 N–H and O–H groups in total. The number of hydrogen-bond donors (Lipinski definition) is 7. The summed E-state index contributed by atoms with van der Waals surface area (Å²) in [5.41, 5.74) is 8.93. The maximum Gasteiger partial charge on any atom is 0.490 e. The van der Waals surface area contributed by atoms with Gasteiger partial charge in [-0.05, 0) is 118 Å². The van der Waals surface area contributed by atoms with Crippen LogP contribution in [0.5, 0.6) is 0 Å². The number of alkyl carbamates (subject to hydrolysis) is 1. The molecular formula is C49H57F5N6O8. The number of carbonyl (C=O) groups excluding carboxylic acids is 5. The van der Waals surface area contributed by atoms with Gasteiger partial charge in [-0.15, -0.1) is 0 Å². The smallest absolute Gasteiger partial charge is 0.475 e. The van der Waals surface area contributed by atoms with Crippen molar-refractivity contribution in [1.29, 1.82) is 0 Å². The quantitative estimate of drug-likeness (QED) is 0.0554. The second-order valence-electron chi connectivity index (χ2n) is 17.4. The first-order chi connectivity index (χ1) is 32.0. The van der Waals surface area contributed by atoms with E-state index < -0.39 is 41.7 Å². The van der Waals surface area contributed by atoms with Gasteiger partial charge < -0.3 is 42.2 Å². The van der Waals surface area contributed by atoms with Crippen LogP contribution in [0, 0.1) is 11.6 Å². The minimum atomic E-state index is -5.08. The number of aliphatic carboxylic acids is 1. The first kappa shape index (κ1) is 53.7. The summed E-state index contributed by atoms with van der Waals surface area (Å²) < 4.78 is 64.9. The van der Waals surface area contributed by atoms with Crippen LogP contribution in [0.4, 0.5) is 26.7 Å². The molecule has 0 saturated heterocycles. The number of halogens is 5. The number of nitrogens with one attached hydrogen (secondary N) is 5. The van der Waals surface area contributed by atoms with E-state index in [0.717, 1.165) is 36.8 Å². The van der Waals surface area contributed by atoms with Gasteiger partial charge in [0.25, 0.3) is 11.8 Å². The number of carboxylic acids is 1. The Morgan fingerprint density at radius 2 is 1.09 bits per heavy atom. The van der Waals surface area contributed by atoms with E-state index in [1.54, 1.807) is 93.6 Å². The van der Waals surface area contributed by atoms with Gasteiger partial charge in [-0.1, -0.05) is 60.7 Å². The second-order valence-corrected chi connectivity index (χ2v) is 17.4. The summed E-state index contributed by atoms with van der Waals surface area (Å²) in [5.74, 6) is -4.20. The molecule has 0 radical (unpaired) electrons. The van der Waals surface area contributed by atoms with Crippen LogP contribution in [0.3, 0.4) is 0 Å². The molecule has 6 rings (SSSR count). The van der Waals surface area contributed by atoms with Crippen LogP contribution in [0.25, 0.3) is 0 Å². The van der Waals surface area contributed by atoms with E-state index in [1.165, 1.54) is 12.1 Å². The van der Waals surface area contributed by atoms with E-state index in [1.807, 2.05) is 12.1 Å². The van der Waals surface area contributed by atoms with E-state index in [-0.39, 0.29) is 61.3 Å². The summed E-state index contributed by atoms with van der Waals surface area (Å²) >= 11 is 0. The number of carboxylic acid groups (broad SMARTS) is 1. The summed E-state index contributed by atoms with van der Waals surface area (Å²) in [4.78, 5) is 70.3. The van der Waals surface area contributed by atoms with E-state index in [2.05, 4.69) is 26.6 Å². The molecule has 2 saturated carbocycles. The van der Waals surface area contributed by atoms with Crippen molar-refractivity contribution in [2.45, 2.75) is 121 Å². The largest absolute Gasteiger partial charge is 0.490 e. The number of nitrogens with two attached hydrogens (primary N) is 1. The normalized spacial score (nSPS) is 14.0. The Bertz CT molecular complexity index is 2370. The molecule has 2 fully saturated rings. The lowest BCUT2D eigenvalue weighted by Gasteiger charge is -2.23. The highest BCUT2D eigenvalue weighted by Gasteiger charge is 2.38. The van der Waals surface area contributed by atoms with Crippen molar-refractivity contribution in [1.82, 2.24) is 26.6 Å².